The van der Waals surface area contributed by atoms with Gasteiger partial charge in [-0.1, -0.05) is 55.8 Å². The number of carbonyl (C=O) groups excluding carboxylic acids is 1. The fraction of sp³-hybridized carbons (Fsp3) is 0.500. The zero-order valence-corrected chi connectivity index (χ0v) is 14.6. The van der Waals surface area contributed by atoms with Gasteiger partial charge in [-0.25, -0.2) is 6.57 Å². The van der Waals surface area contributed by atoms with Crippen molar-refractivity contribution in [1.29, 1.82) is 0 Å². The van der Waals surface area contributed by atoms with Crippen LogP contribution in [0.1, 0.15) is 39.2 Å². The molecule has 2 rings (SSSR count). The molecular formula is C18H26N2O3. The lowest BCUT2D eigenvalue weighted by atomic mass is 9.97. The molecule has 0 N–H and O–H groups in total. The van der Waals surface area contributed by atoms with E-state index in [4.69, 9.17) is 16.1 Å². The third-order valence-corrected chi connectivity index (χ3v) is 2.93. The molecule has 2 unspecified atom stereocenters. The summed E-state index contributed by atoms with van der Waals surface area (Å²) in [5.41, 5.74) is 1.92. The number of rotatable bonds is 3. The number of esters is 1. The molecule has 1 aromatic rings. The number of oxime groups is 1. The van der Waals surface area contributed by atoms with Crippen LogP contribution in [0.15, 0.2) is 35.5 Å². The van der Waals surface area contributed by atoms with Crippen LogP contribution in [0.3, 0.4) is 0 Å². The summed E-state index contributed by atoms with van der Waals surface area (Å²) in [5.74, 6) is -0.565. The molecule has 5 heteroatoms. The van der Waals surface area contributed by atoms with Crippen molar-refractivity contribution >= 4 is 11.7 Å². The fourth-order valence-corrected chi connectivity index (χ4v) is 1.80. The minimum atomic E-state index is -0.301. The summed E-state index contributed by atoms with van der Waals surface area (Å²) < 4.78 is 4.70. The molecule has 0 aliphatic carbocycles. The largest absolute Gasteiger partial charge is 0.469 e. The highest BCUT2D eigenvalue weighted by atomic mass is 16.6. The van der Waals surface area contributed by atoms with Gasteiger partial charge in [0.2, 0.25) is 7.05 Å². The van der Waals surface area contributed by atoms with E-state index in [1.54, 1.807) is 6.92 Å². The first-order valence-corrected chi connectivity index (χ1v) is 7.67. The van der Waals surface area contributed by atoms with E-state index >= 15 is 0 Å². The lowest BCUT2D eigenvalue weighted by Gasteiger charge is -2.14. The maximum absolute atomic E-state index is 11.4. The molecule has 0 fully saturated rings. The number of hydrogen-bond donors (Lipinski definition) is 0. The second kappa shape index (κ2) is 12.2. The molecule has 0 spiro atoms. The molecule has 1 aromatic carbocycles. The highest BCUT2D eigenvalue weighted by Crippen LogP contribution is 2.22. The van der Waals surface area contributed by atoms with E-state index in [-0.39, 0.29) is 18.0 Å². The molecule has 5 nitrogen and oxygen atoms in total. The monoisotopic (exact) mass is 318 g/mol. The van der Waals surface area contributed by atoms with E-state index < -0.39 is 0 Å². The normalized spacial score (nSPS) is 16.2. The smallest absolute Gasteiger partial charge is 0.312 e. The second-order valence-electron chi connectivity index (χ2n) is 4.99. The maximum Gasteiger partial charge on any atom is 0.312 e. The Morgan fingerprint density at radius 1 is 1.43 bits per heavy atom. The zero-order chi connectivity index (χ0) is 17.7. The Kier molecular flexibility index (Phi) is 11.0. The van der Waals surface area contributed by atoms with Crippen molar-refractivity contribution in [3.8, 4) is 0 Å². The fourth-order valence-electron chi connectivity index (χ4n) is 1.80. The van der Waals surface area contributed by atoms with Crippen molar-refractivity contribution in [2.75, 3.05) is 14.2 Å². The third-order valence-electron chi connectivity index (χ3n) is 2.93. The van der Waals surface area contributed by atoms with E-state index in [0.717, 1.165) is 11.3 Å². The van der Waals surface area contributed by atoms with Crippen LogP contribution in [-0.4, -0.2) is 31.9 Å². The van der Waals surface area contributed by atoms with Crippen molar-refractivity contribution in [2.45, 2.75) is 39.7 Å². The van der Waals surface area contributed by atoms with E-state index in [2.05, 4.69) is 23.8 Å². The quantitative estimate of drug-likeness (QED) is 0.626. The lowest BCUT2D eigenvalue weighted by molar-refractivity contribution is -0.149. The second-order valence-corrected chi connectivity index (χ2v) is 4.99. The number of benzene rings is 1. The van der Waals surface area contributed by atoms with Crippen molar-refractivity contribution in [1.82, 2.24) is 0 Å². The van der Waals surface area contributed by atoms with Gasteiger partial charge in [0.05, 0.1) is 18.7 Å². The summed E-state index contributed by atoms with van der Waals surface area (Å²) in [7, 11) is 2.80. The summed E-state index contributed by atoms with van der Waals surface area (Å²) in [6, 6.07) is 9.82. The van der Waals surface area contributed by atoms with Crippen molar-refractivity contribution in [3.63, 3.8) is 0 Å². The summed E-state index contributed by atoms with van der Waals surface area (Å²) in [6.07, 6.45) is 1.66. The van der Waals surface area contributed by atoms with Crippen molar-refractivity contribution in [3.05, 3.63) is 47.3 Å². The maximum atomic E-state index is 11.4. The Hall–Kier alpha value is -2.35. The summed E-state index contributed by atoms with van der Waals surface area (Å²) in [5, 5.41) is 4.03. The molecular weight excluding hydrogens is 292 g/mol. The average molecular weight is 318 g/mol. The molecule has 0 saturated carbocycles. The number of methoxy groups -OCH3 is 1. The molecule has 0 radical (unpaired) electrons. The molecule has 23 heavy (non-hydrogen) atoms. The number of hydrogen-bond acceptors (Lipinski definition) is 4. The van der Waals surface area contributed by atoms with Gasteiger partial charge in [0.15, 0.2) is 0 Å². The molecule has 126 valence electrons. The first-order chi connectivity index (χ1) is 11.0. The van der Waals surface area contributed by atoms with Crippen LogP contribution in [0, 0.1) is 12.5 Å². The summed E-state index contributed by atoms with van der Waals surface area (Å²) in [6.45, 7) is 11.9. The van der Waals surface area contributed by atoms with Gasteiger partial charge in [-0.2, -0.15) is 0 Å². The van der Waals surface area contributed by atoms with E-state index in [1.807, 2.05) is 30.3 Å². The molecule has 2 atom stereocenters. The topological polar surface area (TPSA) is 52.2 Å². The average Bonchev–Trinajstić information content (AvgIpc) is 3.06. The Labute approximate surface area is 139 Å². The molecule has 1 aliphatic heterocycles. The summed E-state index contributed by atoms with van der Waals surface area (Å²) in [4.78, 5) is 19.4. The van der Waals surface area contributed by atoms with E-state index in [0.29, 0.717) is 6.42 Å². The van der Waals surface area contributed by atoms with Gasteiger partial charge in [-0.15, -0.1) is 0 Å². The van der Waals surface area contributed by atoms with Crippen LogP contribution >= 0.6 is 0 Å². The Morgan fingerprint density at radius 3 is 2.43 bits per heavy atom. The lowest BCUT2D eigenvalue weighted by Crippen LogP contribution is -2.27. The molecule has 0 bridgehead atoms. The number of nitrogens with zero attached hydrogens (tertiary/aromatic N) is 2. The van der Waals surface area contributed by atoms with E-state index in [1.165, 1.54) is 20.6 Å². The number of ether oxygens (including phenoxy) is 1. The predicted molar refractivity (Wildman–Crippen MR) is 92.1 cm³/mol. The summed E-state index contributed by atoms with van der Waals surface area (Å²) >= 11 is 0. The highest BCUT2D eigenvalue weighted by Gasteiger charge is 2.32. The standard InChI is InChI=1S/C13H15NO3.C3H8.C2H3N/c1-9(13(15)16-2)12-8-11(14-17-12)10-6-4-3-5-7-10;2*1-3-2/h3-7,9,12H,8H2,1-2H3;3H2,1-2H3;1H3. The van der Waals surface area contributed by atoms with Gasteiger partial charge < -0.3 is 14.4 Å². The first-order valence-electron chi connectivity index (χ1n) is 7.67. The SMILES string of the molecule is CCC.COC(=O)C(C)C1CC(c2ccccc2)=NO1.[C-]#[N+]C. The molecule has 1 heterocycles. The van der Waals surface area contributed by atoms with Gasteiger partial charge in [-0.05, 0) is 12.5 Å². The van der Waals surface area contributed by atoms with Gasteiger partial charge in [0, 0.05) is 6.42 Å². The van der Waals surface area contributed by atoms with Gasteiger partial charge in [0.25, 0.3) is 0 Å². The highest BCUT2D eigenvalue weighted by molar-refractivity contribution is 6.01. The van der Waals surface area contributed by atoms with Gasteiger partial charge >= 0.3 is 5.97 Å². The Balaban J connectivity index is 0.000000704. The Morgan fingerprint density at radius 2 is 1.96 bits per heavy atom. The minimum absolute atomic E-state index is 0.224. The van der Waals surface area contributed by atoms with Crippen molar-refractivity contribution < 1.29 is 14.4 Å². The van der Waals surface area contributed by atoms with Crippen molar-refractivity contribution in [2.24, 2.45) is 11.1 Å². The molecule has 0 aromatic heterocycles. The van der Waals surface area contributed by atoms with Crippen LogP contribution < -0.4 is 0 Å². The van der Waals surface area contributed by atoms with Crippen LogP contribution in [-0.2, 0) is 14.4 Å². The van der Waals surface area contributed by atoms with Gasteiger partial charge in [-0.3, -0.25) is 4.79 Å². The molecule has 0 saturated heterocycles. The van der Waals surface area contributed by atoms with Crippen LogP contribution in [0.5, 0.6) is 0 Å². The first kappa shape index (κ1) is 20.6. The van der Waals surface area contributed by atoms with Gasteiger partial charge in [0.1, 0.15) is 6.10 Å². The third kappa shape index (κ3) is 7.46. The molecule has 1 aliphatic rings. The van der Waals surface area contributed by atoms with Crippen LogP contribution in [0.4, 0.5) is 0 Å². The van der Waals surface area contributed by atoms with E-state index in [9.17, 15) is 4.79 Å². The van der Waals surface area contributed by atoms with Crippen LogP contribution in [0.25, 0.3) is 4.85 Å². The number of carbonyl (C=O) groups is 1. The zero-order valence-electron chi connectivity index (χ0n) is 14.6. The predicted octanol–water partition coefficient (Wildman–Crippen LogP) is 3.94. The minimum Gasteiger partial charge on any atom is -0.469 e. The Bertz CT molecular complexity index is 521. The molecule has 0 amide bonds. The van der Waals surface area contributed by atoms with Crippen LogP contribution in [0.2, 0.25) is 0 Å².